The van der Waals surface area contributed by atoms with Crippen molar-refractivity contribution in [3.05, 3.63) is 48.2 Å². The van der Waals surface area contributed by atoms with Crippen molar-refractivity contribution in [2.24, 2.45) is 0 Å². The number of aromatic carboxylic acids is 1. The number of hydrogen-bond donors (Lipinski definition) is 1. The quantitative estimate of drug-likeness (QED) is 0.851. The van der Waals surface area contributed by atoms with Gasteiger partial charge in [-0.15, -0.1) is 0 Å². The summed E-state index contributed by atoms with van der Waals surface area (Å²) in [6, 6.07) is 5.63. The minimum absolute atomic E-state index is 0.134. The standard InChI is InChI=1S/C12H11N3O3/c16-12(17)10-7-13-8-11(15-10)18-6-4-9-3-1-2-5-14-9/h1-3,5,7-8H,4,6H2,(H,16,17). The predicted molar refractivity (Wildman–Crippen MR) is 62.4 cm³/mol. The van der Waals surface area contributed by atoms with Crippen molar-refractivity contribution in [3.63, 3.8) is 0 Å². The monoisotopic (exact) mass is 245 g/mol. The molecular weight excluding hydrogens is 234 g/mol. The summed E-state index contributed by atoms with van der Waals surface area (Å²) in [6.45, 7) is 0.370. The van der Waals surface area contributed by atoms with Gasteiger partial charge < -0.3 is 9.84 Å². The predicted octanol–water partition coefficient (Wildman–Crippen LogP) is 1.19. The Morgan fingerprint density at radius 1 is 1.33 bits per heavy atom. The van der Waals surface area contributed by atoms with Gasteiger partial charge in [-0.25, -0.2) is 9.78 Å². The highest BCUT2D eigenvalue weighted by Gasteiger charge is 2.06. The van der Waals surface area contributed by atoms with Crippen LogP contribution in [0.4, 0.5) is 0 Å². The number of pyridine rings is 1. The van der Waals surface area contributed by atoms with Crippen molar-refractivity contribution in [1.82, 2.24) is 15.0 Å². The number of carboxylic acid groups (broad SMARTS) is 1. The minimum Gasteiger partial charge on any atom is -0.476 e. The zero-order chi connectivity index (χ0) is 12.8. The zero-order valence-corrected chi connectivity index (χ0v) is 9.48. The van der Waals surface area contributed by atoms with Gasteiger partial charge in [0.15, 0.2) is 5.69 Å². The second-order valence-electron chi connectivity index (χ2n) is 3.47. The largest absolute Gasteiger partial charge is 0.476 e. The third kappa shape index (κ3) is 3.24. The number of carboxylic acids is 1. The molecule has 6 heteroatoms. The maximum absolute atomic E-state index is 10.7. The first kappa shape index (κ1) is 12.0. The molecule has 0 fully saturated rings. The fourth-order valence-corrected chi connectivity index (χ4v) is 1.33. The van der Waals surface area contributed by atoms with Crippen molar-refractivity contribution in [2.75, 3.05) is 6.61 Å². The highest BCUT2D eigenvalue weighted by molar-refractivity contribution is 5.84. The van der Waals surface area contributed by atoms with E-state index in [-0.39, 0.29) is 11.6 Å². The molecule has 0 bridgehead atoms. The minimum atomic E-state index is -1.13. The van der Waals surface area contributed by atoms with Gasteiger partial charge in [-0.3, -0.25) is 9.97 Å². The van der Waals surface area contributed by atoms with Gasteiger partial charge in [0.05, 0.1) is 19.0 Å². The lowest BCUT2D eigenvalue weighted by Crippen LogP contribution is -2.07. The fourth-order valence-electron chi connectivity index (χ4n) is 1.33. The molecule has 92 valence electrons. The maximum Gasteiger partial charge on any atom is 0.356 e. The van der Waals surface area contributed by atoms with Crippen LogP contribution < -0.4 is 4.74 Å². The van der Waals surface area contributed by atoms with Gasteiger partial charge in [-0.2, -0.15) is 0 Å². The third-order valence-electron chi connectivity index (χ3n) is 2.17. The van der Waals surface area contributed by atoms with Crippen LogP contribution in [0.1, 0.15) is 16.2 Å². The van der Waals surface area contributed by atoms with Crippen molar-refractivity contribution in [3.8, 4) is 5.88 Å². The van der Waals surface area contributed by atoms with Crippen LogP contribution >= 0.6 is 0 Å². The van der Waals surface area contributed by atoms with Gasteiger partial charge >= 0.3 is 5.97 Å². The summed E-state index contributed by atoms with van der Waals surface area (Å²) in [5, 5.41) is 8.74. The van der Waals surface area contributed by atoms with Gasteiger partial charge in [-0.1, -0.05) is 6.07 Å². The van der Waals surface area contributed by atoms with E-state index in [1.54, 1.807) is 6.20 Å². The summed E-state index contributed by atoms with van der Waals surface area (Å²) in [4.78, 5) is 22.4. The Kier molecular flexibility index (Phi) is 3.80. The highest BCUT2D eigenvalue weighted by atomic mass is 16.5. The second kappa shape index (κ2) is 5.72. The van der Waals surface area contributed by atoms with Gasteiger partial charge in [0.1, 0.15) is 0 Å². The SMILES string of the molecule is O=C(O)c1cncc(OCCc2ccccn2)n1. The lowest BCUT2D eigenvalue weighted by molar-refractivity contribution is 0.0688. The molecule has 0 aliphatic carbocycles. The van der Waals surface area contributed by atoms with E-state index in [0.717, 1.165) is 5.69 Å². The van der Waals surface area contributed by atoms with E-state index in [4.69, 9.17) is 9.84 Å². The zero-order valence-electron chi connectivity index (χ0n) is 9.48. The Morgan fingerprint density at radius 3 is 2.94 bits per heavy atom. The van der Waals surface area contributed by atoms with Crippen LogP contribution in [-0.4, -0.2) is 32.6 Å². The molecule has 0 amide bonds. The topological polar surface area (TPSA) is 85.2 Å². The van der Waals surface area contributed by atoms with E-state index in [1.807, 2.05) is 18.2 Å². The van der Waals surface area contributed by atoms with Crippen molar-refractivity contribution in [2.45, 2.75) is 6.42 Å². The lowest BCUT2D eigenvalue weighted by Gasteiger charge is -2.04. The summed E-state index contributed by atoms with van der Waals surface area (Å²) >= 11 is 0. The van der Waals surface area contributed by atoms with Gasteiger partial charge in [0.25, 0.3) is 0 Å². The number of carbonyl (C=O) groups is 1. The van der Waals surface area contributed by atoms with Crippen molar-refractivity contribution in [1.29, 1.82) is 0 Å². The lowest BCUT2D eigenvalue weighted by atomic mass is 10.3. The van der Waals surface area contributed by atoms with Crippen LogP contribution in [-0.2, 0) is 6.42 Å². The molecule has 6 nitrogen and oxygen atoms in total. The number of ether oxygens (including phenoxy) is 1. The molecule has 0 aromatic carbocycles. The van der Waals surface area contributed by atoms with E-state index in [0.29, 0.717) is 13.0 Å². The molecule has 0 aliphatic rings. The number of aromatic nitrogens is 3. The number of hydrogen-bond acceptors (Lipinski definition) is 5. The summed E-state index contributed by atoms with van der Waals surface area (Å²) in [5.41, 5.74) is 0.769. The Bertz CT molecular complexity index is 531. The molecule has 0 saturated heterocycles. The fraction of sp³-hybridized carbons (Fsp3) is 0.167. The molecule has 0 radical (unpaired) electrons. The summed E-state index contributed by atoms with van der Waals surface area (Å²) in [7, 11) is 0. The molecule has 0 aliphatic heterocycles. The van der Waals surface area contributed by atoms with E-state index in [9.17, 15) is 4.79 Å². The van der Waals surface area contributed by atoms with Crippen LogP contribution in [0.15, 0.2) is 36.8 Å². The summed E-state index contributed by atoms with van der Waals surface area (Å²) < 4.78 is 5.32. The highest BCUT2D eigenvalue weighted by Crippen LogP contribution is 2.06. The van der Waals surface area contributed by atoms with Crippen molar-refractivity contribution >= 4 is 5.97 Å². The Labute approximate surface area is 103 Å². The normalized spacial score (nSPS) is 10.0. The molecule has 1 N–H and O–H groups in total. The first-order valence-corrected chi connectivity index (χ1v) is 5.34. The van der Waals surface area contributed by atoms with E-state index >= 15 is 0 Å². The first-order valence-electron chi connectivity index (χ1n) is 5.34. The molecule has 2 rings (SSSR count). The number of rotatable bonds is 5. The van der Waals surface area contributed by atoms with Crippen LogP contribution in [0.3, 0.4) is 0 Å². The van der Waals surface area contributed by atoms with Crippen molar-refractivity contribution < 1.29 is 14.6 Å². The smallest absolute Gasteiger partial charge is 0.356 e. The molecule has 2 aromatic heterocycles. The molecule has 2 aromatic rings. The van der Waals surface area contributed by atoms with Crippen LogP contribution in [0.2, 0.25) is 0 Å². The second-order valence-corrected chi connectivity index (χ2v) is 3.47. The van der Waals surface area contributed by atoms with Gasteiger partial charge in [0, 0.05) is 18.3 Å². The molecule has 0 spiro atoms. The van der Waals surface area contributed by atoms with Crippen LogP contribution in [0.25, 0.3) is 0 Å². The number of nitrogens with zero attached hydrogens (tertiary/aromatic N) is 3. The van der Waals surface area contributed by atoms with Gasteiger partial charge in [-0.05, 0) is 12.1 Å². The van der Waals surface area contributed by atoms with E-state index in [2.05, 4.69) is 15.0 Å². The maximum atomic E-state index is 10.7. The molecule has 18 heavy (non-hydrogen) atoms. The van der Waals surface area contributed by atoms with E-state index in [1.165, 1.54) is 12.4 Å². The molecule has 0 saturated carbocycles. The first-order chi connectivity index (χ1) is 8.75. The average Bonchev–Trinajstić information content (AvgIpc) is 2.40. The molecule has 2 heterocycles. The molecule has 0 unspecified atom stereocenters. The summed E-state index contributed by atoms with van der Waals surface area (Å²) in [5.74, 6) is -0.927. The molecular formula is C12H11N3O3. The Morgan fingerprint density at radius 2 is 2.22 bits per heavy atom. The average molecular weight is 245 g/mol. The Hall–Kier alpha value is -2.50. The molecule has 0 atom stereocenters. The Balaban J connectivity index is 1.90. The third-order valence-corrected chi connectivity index (χ3v) is 2.17. The van der Waals surface area contributed by atoms with Crippen LogP contribution in [0, 0.1) is 0 Å². The summed E-state index contributed by atoms with van der Waals surface area (Å²) in [6.07, 6.45) is 4.89. The van der Waals surface area contributed by atoms with Crippen LogP contribution in [0.5, 0.6) is 5.88 Å². The van der Waals surface area contributed by atoms with E-state index < -0.39 is 5.97 Å². The van der Waals surface area contributed by atoms with Gasteiger partial charge in [0.2, 0.25) is 5.88 Å².